The topological polar surface area (TPSA) is 58.6 Å². The Labute approximate surface area is 104 Å². The lowest BCUT2D eigenvalue weighted by Gasteiger charge is -2.21. The van der Waals surface area contributed by atoms with Crippen molar-refractivity contribution in [3.05, 3.63) is 34.9 Å². The van der Waals surface area contributed by atoms with Crippen LogP contribution in [0.1, 0.15) is 29.8 Å². The summed E-state index contributed by atoms with van der Waals surface area (Å²) in [4.78, 5) is 16.4. The Hall–Kier alpha value is -1.53. The summed E-state index contributed by atoms with van der Waals surface area (Å²) < 4.78 is 26.9. The number of amides is 1. The molecule has 18 heavy (non-hydrogen) atoms. The second-order valence-corrected chi connectivity index (χ2v) is 4.55. The number of carbonyl (C=O) groups is 1. The van der Waals surface area contributed by atoms with Gasteiger partial charge in [-0.2, -0.15) is 0 Å². The normalized spacial score (nSPS) is 11.4. The lowest BCUT2D eigenvalue weighted by molar-refractivity contribution is -0.0958. The fourth-order valence-corrected chi connectivity index (χ4v) is 1.18. The zero-order valence-corrected chi connectivity index (χ0v) is 10.4. The first-order chi connectivity index (χ1) is 8.26. The maximum Gasteiger partial charge on any atom is 0.280 e. The van der Waals surface area contributed by atoms with Crippen LogP contribution in [0.5, 0.6) is 0 Å². The first-order valence-electron chi connectivity index (χ1n) is 5.31. The van der Waals surface area contributed by atoms with E-state index >= 15 is 0 Å². The van der Waals surface area contributed by atoms with Crippen molar-refractivity contribution in [3.63, 3.8) is 0 Å². The van der Waals surface area contributed by atoms with Gasteiger partial charge in [0.15, 0.2) is 0 Å². The molecule has 0 aliphatic rings. The van der Waals surface area contributed by atoms with E-state index in [0.717, 1.165) is 12.1 Å². The number of hydroxylamine groups is 1. The van der Waals surface area contributed by atoms with Crippen LogP contribution in [0.15, 0.2) is 12.1 Å². The van der Waals surface area contributed by atoms with Gasteiger partial charge in [0.25, 0.3) is 5.91 Å². The number of aliphatic hydroxyl groups excluding tert-OH is 1. The van der Waals surface area contributed by atoms with E-state index < -0.39 is 28.7 Å². The molecule has 0 aliphatic carbocycles. The Morgan fingerprint density at radius 2 is 1.89 bits per heavy atom. The molecule has 6 heteroatoms. The highest BCUT2D eigenvalue weighted by Crippen LogP contribution is 2.15. The van der Waals surface area contributed by atoms with Crippen molar-refractivity contribution in [1.82, 2.24) is 5.48 Å². The van der Waals surface area contributed by atoms with Crippen LogP contribution in [0.25, 0.3) is 0 Å². The van der Waals surface area contributed by atoms with Crippen molar-refractivity contribution in [2.75, 3.05) is 6.61 Å². The quantitative estimate of drug-likeness (QED) is 0.809. The van der Waals surface area contributed by atoms with E-state index in [-0.39, 0.29) is 6.61 Å². The summed E-state index contributed by atoms with van der Waals surface area (Å²) in [7, 11) is 0. The molecule has 0 radical (unpaired) electrons. The highest BCUT2D eigenvalue weighted by atomic mass is 19.1. The van der Waals surface area contributed by atoms with Gasteiger partial charge in [-0.3, -0.25) is 9.63 Å². The van der Waals surface area contributed by atoms with E-state index in [1.807, 2.05) is 5.48 Å². The smallest absolute Gasteiger partial charge is 0.280 e. The highest BCUT2D eigenvalue weighted by molar-refractivity contribution is 5.94. The molecule has 100 valence electrons. The molecule has 0 bridgehead atoms. The van der Waals surface area contributed by atoms with Gasteiger partial charge < -0.3 is 5.11 Å². The van der Waals surface area contributed by atoms with Crippen molar-refractivity contribution in [1.29, 1.82) is 0 Å². The summed E-state index contributed by atoms with van der Waals surface area (Å²) in [6.07, 6.45) is 0. The van der Waals surface area contributed by atoms with E-state index in [0.29, 0.717) is 5.56 Å². The van der Waals surface area contributed by atoms with Crippen LogP contribution in [0.3, 0.4) is 0 Å². The molecule has 2 N–H and O–H groups in total. The van der Waals surface area contributed by atoms with Gasteiger partial charge in [0.05, 0.1) is 6.61 Å². The Morgan fingerprint density at radius 3 is 2.33 bits per heavy atom. The average molecular weight is 259 g/mol. The minimum atomic E-state index is -1.04. The maximum atomic E-state index is 13.5. The van der Waals surface area contributed by atoms with Crippen molar-refractivity contribution >= 4 is 5.91 Å². The van der Waals surface area contributed by atoms with Crippen LogP contribution in [-0.2, 0) is 4.84 Å². The summed E-state index contributed by atoms with van der Waals surface area (Å²) in [6, 6.07) is 2.10. The summed E-state index contributed by atoms with van der Waals surface area (Å²) in [6.45, 7) is 4.18. The van der Waals surface area contributed by atoms with E-state index in [1.54, 1.807) is 0 Å². The third kappa shape index (κ3) is 3.48. The minimum absolute atomic E-state index is 0.355. The number of halogens is 2. The van der Waals surface area contributed by atoms with Gasteiger partial charge in [-0.15, -0.1) is 0 Å². The molecule has 0 fully saturated rings. The van der Waals surface area contributed by atoms with Crippen LogP contribution in [0, 0.1) is 18.6 Å². The summed E-state index contributed by atoms with van der Waals surface area (Å²) in [5.74, 6) is -2.96. The Balaban J connectivity index is 2.86. The number of hydrogen-bond donors (Lipinski definition) is 2. The monoisotopic (exact) mass is 259 g/mol. The molecule has 1 aromatic rings. The number of aliphatic hydroxyl groups is 1. The molecular formula is C12H15F2NO3. The predicted molar refractivity (Wildman–Crippen MR) is 60.8 cm³/mol. The minimum Gasteiger partial charge on any atom is -0.393 e. The van der Waals surface area contributed by atoms with Crippen LogP contribution >= 0.6 is 0 Å². The van der Waals surface area contributed by atoms with Crippen molar-refractivity contribution in [3.8, 4) is 0 Å². The van der Waals surface area contributed by atoms with Gasteiger partial charge in [-0.1, -0.05) is 0 Å². The number of aryl methyl sites for hydroxylation is 1. The standard InChI is InChI=1S/C12H15F2NO3/c1-7-4-8(13)10(9(14)5-7)11(17)15-18-12(2,3)6-16/h4-5,16H,6H2,1-3H3,(H,15,17). The van der Waals surface area contributed by atoms with Crippen molar-refractivity contribution in [2.45, 2.75) is 26.4 Å². The molecule has 1 rings (SSSR count). The lowest BCUT2D eigenvalue weighted by Crippen LogP contribution is -2.39. The van der Waals surface area contributed by atoms with Gasteiger partial charge >= 0.3 is 0 Å². The van der Waals surface area contributed by atoms with Crippen molar-refractivity contribution in [2.24, 2.45) is 0 Å². The average Bonchev–Trinajstić information content (AvgIpc) is 2.25. The van der Waals surface area contributed by atoms with Crippen LogP contribution < -0.4 is 5.48 Å². The highest BCUT2D eigenvalue weighted by Gasteiger charge is 2.22. The van der Waals surface area contributed by atoms with Crippen LogP contribution in [0.4, 0.5) is 8.78 Å². The fourth-order valence-electron chi connectivity index (χ4n) is 1.18. The second-order valence-electron chi connectivity index (χ2n) is 4.55. The van der Waals surface area contributed by atoms with Gasteiger partial charge in [-0.25, -0.2) is 14.3 Å². The largest absolute Gasteiger partial charge is 0.393 e. The van der Waals surface area contributed by atoms with Crippen LogP contribution in [-0.4, -0.2) is 23.2 Å². The molecule has 0 spiro atoms. The first-order valence-corrected chi connectivity index (χ1v) is 5.31. The van der Waals surface area contributed by atoms with E-state index in [1.165, 1.54) is 20.8 Å². The third-order valence-corrected chi connectivity index (χ3v) is 2.21. The SMILES string of the molecule is Cc1cc(F)c(C(=O)NOC(C)(C)CO)c(F)c1. The predicted octanol–water partition coefficient (Wildman–Crippen LogP) is 1.71. The zero-order valence-electron chi connectivity index (χ0n) is 10.4. The number of nitrogens with one attached hydrogen (secondary N) is 1. The summed E-state index contributed by atoms with van der Waals surface area (Å²) >= 11 is 0. The molecule has 1 amide bonds. The first kappa shape index (κ1) is 14.5. The Kier molecular flexibility index (Phi) is 4.37. The van der Waals surface area contributed by atoms with Crippen LogP contribution in [0.2, 0.25) is 0 Å². The number of benzene rings is 1. The van der Waals surface area contributed by atoms with E-state index in [4.69, 9.17) is 9.94 Å². The van der Waals surface area contributed by atoms with E-state index in [2.05, 4.69) is 0 Å². The molecule has 0 unspecified atom stereocenters. The van der Waals surface area contributed by atoms with Gasteiger partial charge in [0.1, 0.15) is 22.8 Å². The number of hydrogen-bond acceptors (Lipinski definition) is 3. The number of rotatable bonds is 4. The molecule has 4 nitrogen and oxygen atoms in total. The molecule has 0 aliphatic heterocycles. The lowest BCUT2D eigenvalue weighted by atomic mass is 10.1. The molecule has 0 heterocycles. The summed E-state index contributed by atoms with van der Waals surface area (Å²) in [5, 5.41) is 8.90. The van der Waals surface area contributed by atoms with Gasteiger partial charge in [-0.05, 0) is 38.5 Å². The van der Waals surface area contributed by atoms with E-state index in [9.17, 15) is 13.6 Å². The van der Waals surface area contributed by atoms with Gasteiger partial charge in [0.2, 0.25) is 0 Å². The second kappa shape index (κ2) is 5.41. The third-order valence-electron chi connectivity index (χ3n) is 2.21. The molecule has 0 atom stereocenters. The molecule has 0 saturated carbocycles. The fraction of sp³-hybridized carbons (Fsp3) is 0.417. The zero-order chi connectivity index (χ0) is 13.9. The molecule has 0 saturated heterocycles. The Morgan fingerprint density at radius 1 is 1.39 bits per heavy atom. The maximum absolute atomic E-state index is 13.5. The molecular weight excluding hydrogens is 244 g/mol. The number of carbonyl (C=O) groups excluding carboxylic acids is 1. The Bertz CT molecular complexity index is 438. The van der Waals surface area contributed by atoms with Gasteiger partial charge in [0, 0.05) is 0 Å². The summed E-state index contributed by atoms with van der Waals surface area (Å²) in [5.41, 5.74) is 0.538. The van der Waals surface area contributed by atoms with Crippen molar-refractivity contribution < 1.29 is 23.5 Å². The molecule has 0 aromatic heterocycles. The molecule has 1 aromatic carbocycles.